The Morgan fingerprint density at radius 3 is 1.45 bits per heavy atom. The van der Waals surface area contributed by atoms with Gasteiger partial charge in [-0.15, -0.1) is 4.98 Å². The minimum Gasteiger partial charge on any atom is -0.467 e. The highest BCUT2D eigenvalue weighted by Crippen LogP contribution is 2.25. The number of ether oxygens (including phenoxy) is 2. The van der Waals surface area contributed by atoms with Crippen LogP contribution in [0.5, 0.6) is 12.0 Å². The molecule has 0 amide bonds. The van der Waals surface area contributed by atoms with Crippen LogP contribution in [0, 0.1) is 30.3 Å². The predicted octanol–water partition coefficient (Wildman–Crippen LogP) is -1.17. The monoisotopic (exact) mass is 290 g/mol. The van der Waals surface area contributed by atoms with Gasteiger partial charge in [-0.05, 0) is 0 Å². The van der Waals surface area contributed by atoms with Crippen LogP contribution in [0.25, 0.3) is 0 Å². The summed E-state index contributed by atoms with van der Waals surface area (Å²) in [7, 11) is 2.09. The van der Waals surface area contributed by atoms with Crippen molar-refractivity contribution in [2.24, 2.45) is 0 Å². The normalized spacial score (nSPS) is 10.7. The molecule has 0 aliphatic heterocycles. The summed E-state index contributed by atoms with van der Waals surface area (Å²) >= 11 is 0. The number of hydrogen-bond acceptors (Lipinski definition) is 11. The van der Waals surface area contributed by atoms with E-state index < -0.39 is 38.4 Å². The lowest BCUT2D eigenvalue weighted by atomic mass is 10.3. The molecule has 0 N–H and O–H groups in total. The molecule has 0 aliphatic carbocycles. The van der Waals surface area contributed by atoms with Crippen molar-refractivity contribution in [2.45, 2.75) is 5.79 Å². The summed E-state index contributed by atoms with van der Waals surface area (Å²) in [5, 5.41) is 32.5. The fourth-order valence-corrected chi connectivity index (χ4v) is 1.12. The summed E-state index contributed by atoms with van der Waals surface area (Å²) in [5.74, 6) is -5.33. The van der Waals surface area contributed by atoms with Crippen LogP contribution in [-0.2, 0) is 5.79 Å². The summed E-state index contributed by atoms with van der Waals surface area (Å²) in [6.07, 6.45) is 0. The maximum atomic E-state index is 10.8. The summed E-state index contributed by atoms with van der Waals surface area (Å²) in [5.41, 5.74) is 0. The number of hydrogen-bond donors (Lipinski definition) is 0. The first-order valence-corrected chi connectivity index (χ1v) is 4.58. The molecular weight excluding hydrogens is 284 g/mol. The van der Waals surface area contributed by atoms with Gasteiger partial charge in [0.2, 0.25) is 0 Å². The van der Waals surface area contributed by atoms with Crippen molar-refractivity contribution in [1.29, 1.82) is 0 Å². The van der Waals surface area contributed by atoms with E-state index in [0.29, 0.717) is 0 Å². The number of aromatic nitrogens is 3. The van der Waals surface area contributed by atoms with E-state index in [2.05, 4.69) is 24.4 Å². The van der Waals surface area contributed by atoms with E-state index in [9.17, 15) is 30.3 Å². The first-order chi connectivity index (χ1) is 9.30. The zero-order valence-corrected chi connectivity index (χ0v) is 9.95. The van der Waals surface area contributed by atoms with Gasteiger partial charge in [-0.1, -0.05) is 0 Å². The lowest BCUT2D eigenvalue weighted by molar-refractivity contribution is -0.987. The third-order valence-electron chi connectivity index (χ3n) is 2.02. The third kappa shape index (κ3) is 2.08. The Morgan fingerprint density at radius 2 is 1.20 bits per heavy atom. The topological polar surface area (TPSA) is 187 Å². The van der Waals surface area contributed by atoms with Crippen LogP contribution in [0.3, 0.4) is 0 Å². The zero-order chi connectivity index (χ0) is 15.5. The van der Waals surface area contributed by atoms with Crippen LogP contribution in [0.15, 0.2) is 0 Å². The molecule has 0 aromatic carbocycles. The Hall–Kier alpha value is -3.19. The molecule has 1 aromatic rings. The van der Waals surface area contributed by atoms with Gasteiger partial charge < -0.3 is 9.47 Å². The standard InChI is InChI=1S/C6H6N6O8/c1-19-4-7-3(8-5(9-4)20-2)6(10(13)14,11(15)16)12(17)18/h1-2H3. The fraction of sp³-hybridized carbons (Fsp3) is 0.500. The Bertz CT molecular complexity index is 516. The van der Waals surface area contributed by atoms with Crippen LogP contribution < -0.4 is 9.47 Å². The maximum Gasteiger partial charge on any atom is 0.763 e. The Balaban J connectivity index is 3.69. The number of rotatable bonds is 6. The van der Waals surface area contributed by atoms with Crippen molar-refractivity contribution < 1.29 is 24.2 Å². The second kappa shape index (κ2) is 5.21. The number of methoxy groups -OCH3 is 2. The van der Waals surface area contributed by atoms with Gasteiger partial charge in [0.05, 0.1) is 14.2 Å². The molecule has 0 saturated heterocycles. The highest BCUT2D eigenvalue weighted by Gasteiger charge is 2.76. The van der Waals surface area contributed by atoms with Crippen molar-refractivity contribution in [3.05, 3.63) is 36.2 Å². The van der Waals surface area contributed by atoms with Crippen LogP contribution in [0.1, 0.15) is 5.82 Å². The molecule has 0 bridgehead atoms. The van der Waals surface area contributed by atoms with Crippen molar-refractivity contribution in [2.75, 3.05) is 14.2 Å². The van der Waals surface area contributed by atoms with Gasteiger partial charge in [-0.25, -0.2) is 0 Å². The van der Waals surface area contributed by atoms with Crippen molar-refractivity contribution in [1.82, 2.24) is 15.0 Å². The summed E-state index contributed by atoms with van der Waals surface area (Å²) < 4.78 is 9.04. The molecule has 14 nitrogen and oxygen atoms in total. The minimum absolute atomic E-state index is 0.609. The first-order valence-electron chi connectivity index (χ1n) is 4.58. The zero-order valence-electron chi connectivity index (χ0n) is 9.95. The first kappa shape index (κ1) is 14.9. The molecule has 0 saturated carbocycles. The van der Waals surface area contributed by atoms with Gasteiger partial charge in [0.25, 0.3) is 0 Å². The number of nitrogens with zero attached hydrogens (tertiary/aromatic N) is 6. The average molecular weight is 290 g/mol. The quantitative estimate of drug-likeness (QED) is 0.348. The summed E-state index contributed by atoms with van der Waals surface area (Å²) in [6.45, 7) is 0. The lowest BCUT2D eigenvalue weighted by Crippen LogP contribution is -2.51. The van der Waals surface area contributed by atoms with E-state index in [-0.39, 0.29) is 0 Å². The van der Waals surface area contributed by atoms with Crippen LogP contribution in [-0.4, -0.2) is 43.9 Å². The van der Waals surface area contributed by atoms with Crippen LogP contribution in [0.4, 0.5) is 0 Å². The van der Waals surface area contributed by atoms with Gasteiger partial charge >= 0.3 is 23.6 Å². The average Bonchev–Trinajstić information content (AvgIpc) is 2.37. The Labute approximate surface area is 108 Å². The third-order valence-corrected chi connectivity index (χ3v) is 2.02. The minimum atomic E-state index is -3.98. The van der Waals surface area contributed by atoms with E-state index in [1.807, 2.05) is 0 Å². The Kier molecular flexibility index (Phi) is 3.87. The van der Waals surface area contributed by atoms with E-state index in [1.165, 1.54) is 0 Å². The van der Waals surface area contributed by atoms with Crippen molar-refractivity contribution >= 4 is 0 Å². The molecule has 1 heterocycles. The van der Waals surface area contributed by atoms with Gasteiger partial charge in [-0.2, -0.15) is 9.97 Å². The summed E-state index contributed by atoms with van der Waals surface area (Å²) in [6, 6.07) is -1.22. The van der Waals surface area contributed by atoms with Crippen LogP contribution in [0.2, 0.25) is 0 Å². The number of nitro groups is 3. The van der Waals surface area contributed by atoms with Crippen molar-refractivity contribution in [3.8, 4) is 12.0 Å². The molecule has 0 radical (unpaired) electrons. The van der Waals surface area contributed by atoms with E-state index in [1.54, 1.807) is 0 Å². The molecule has 14 heteroatoms. The SMILES string of the molecule is COc1nc(OC)nc(C([N+](=O)[O-])([N+](=O)[O-])[N+](=O)[O-])n1. The molecule has 1 rings (SSSR count). The highest BCUT2D eigenvalue weighted by atomic mass is 16.7. The van der Waals surface area contributed by atoms with Gasteiger partial charge in [0, 0.05) is 0 Å². The van der Waals surface area contributed by atoms with E-state index >= 15 is 0 Å². The molecule has 108 valence electrons. The maximum absolute atomic E-state index is 10.8. The molecule has 20 heavy (non-hydrogen) atoms. The molecule has 0 unspecified atom stereocenters. The van der Waals surface area contributed by atoms with Crippen molar-refractivity contribution in [3.63, 3.8) is 0 Å². The van der Waals surface area contributed by atoms with Crippen LogP contribution >= 0.6 is 0 Å². The molecule has 0 fully saturated rings. The summed E-state index contributed by atoms with van der Waals surface area (Å²) in [4.78, 5) is 37.1. The highest BCUT2D eigenvalue weighted by molar-refractivity contribution is 5.07. The van der Waals surface area contributed by atoms with Gasteiger partial charge in [0.15, 0.2) is 14.8 Å². The fourth-order valence-electron chi connectivity index (χ4n) is 1.12. The molecule has 0 atom stereocenters. The lowest BCUT2D eigenvalue weighted by Gasteiger charge is -2.08. The largest absolute Gasteiger partial charge is 0.763 e. The Morgan fingerprint density at radius 1 is 0.850 bits per heavy atom. The predicted molar refractivity (Wildman–Crippen MR) is 55.6 cm³/mol. The second-order valence-electron chi connectivity index (χ2n) is 3.04. The van der Waals surface area contributed by atoms with E-state index in [0.717, 1.165) is 14.2 Å². The smallest absolute Gasteiger partial charge is 0.467 e. The molecule has 1 aromatic heterocycles. The van der Waals surface area contributed by atoms with E-state index in [4.69, 9.17) is 0 Å². The molecular formula is C6H6N6O8. The second-order valence-corrected chi connectivity index (χ2v) is 3.04. The van der Waals surface area contributed by atoms with Gasteiger partial charge in [-0.3, -0.25) is 30.3 Å². The molecule has 0 spiro atoms. The molecule has 0 aliphatic rings. The van der Waals surface area contributed by atoms with Gasteiger partial charge in [0.1, 0.15) is 0 Å².